The largest absolute Gasteiger partial charge is 0.465 e. The second-order valence-electron chi connectivity index (χ2n) is 5.55. The van der Waals surface area contributed by atoms with Crippen LogP contribution in [0, 0.1) is 0 Å². The van der Waals surface area contributed by atoms with Gasteiger partial charge in [0.2, 0.25) is 0 Å². The van der Waals surface area contributed by atoms with Crippen LogP contribution in [-0.2, 0) is 11.3 Å². The first-order valence-corrected chi connectivity index (χ1v) is 8.81. The van der Waals surface area contributed by atoms with Crippen molar-refractivity contribution in [2.24, 2.45) is 0 Å². The van der Waals surface area contributed by atoms with E-state index >= 15 is 0 Å². The Balaban J connectivity index is 1.59. The van der Waals surface area contributed by atoms with E-state index in [1.807, 2.05) is 29.6 Å². The Kier molecular flexibility index (Phi) is 4.37. The molecule has 0 aliphatic rings. The van der Waals surface area contributed by atoms with Crippen LogP contribution in [0.2, 0.25) is 0 Å². The molecule has 26 heavy (non-hydrogen) atoms. The minimum absolute atomic E-state index is 0.378. The van der Waals surface area contributed by atoms with Gasteiger partial charge in [0.25, 0.3) is 0 Å². The van der Waals surface area contributed by atoms with E-state index in [1.165, 1.54) is 18.4 Å². The van der Waals surface area contributed by atoms with Crippen molar-refractivity contribution in [3.05, 3.63) is 65.6 Å². The molecule has 0 bridgehead atoms. The number of methoxy groups -OCH3 is 1. The number of benzene rings is 1. The fourth-order valence-electron chi connectivity index (χ4n) is 2.72. The number of hydrogen-bond acceptors (Lipinski definition) is 7. The van der Waals surface area contributed by atoms with Gasteiger partial charge in [-0.15, -0.1) is 11.3 Å². The van der Waals surface area contributed by atoms with E-state index in [0.29, 0.717) is 12.1 Å². The maximum Gasteiger partial charge on any atom is 0.338 e. The third kappa shape index (κ3) is 3.04. The first kappa shape index (κ1) is 16.3. The lowest BCUT2D eigenvalue weighted by Crippen LogP contribution is -2.05. The molecule has 3 aromatic heterocycles. The quantitative estimate of drug-likeness (QED) is 0.530. The Labute approximate surface area is 153 Å². The molecule has 0 atom stereocenters. The van der Waals surface area contributed by atoms with Crippen LogP contribution in [0.1, 0.15) is 16.1 Å². The smallest absolute Gasteiger partial charge is 0.338 e. The Morgan fingerprint density at radius 3 is 3.00 bits per heavy atom. The van der Waals surface area contributed by atoms with Crippen molar-refractivity contribution in [2.45, 2.75) is 6.54 Å². The normalized spacial score (nSPS) is 10.8. The highest BCUT2D eigenvalue weighted by Gasteiger charge is 2.13. The zero-order valence-electron chi connectivity index (χ0n) is 13.9. The molecule has 0 fully saturated rings. The molecule has 0 radical (unpaired) electrons. The summed E-state index contributed by atoms with van der Waals surface area (Å²) in [5.41, 5.74) is 2.32. The molecule has 6 nitrogen and oxygen atoms in total. The first-order chi connectivity index (χ1) is 12.8. The molecule has 0 aliphatic carbocycles. The lowest BCUT2D eigenvalue weighted by Gasteiger charge is -2.11. The standard InChI is InChI=1S/C19H15N3O3S/c1-24-19(23)14-4-5-16(13-6-7-20-10-15(13)14)21-9-12-11-26-18(22-12)17-3-2-8-25-17/h2-8,10-11,21H,9H2,1H3. The topological polar surface area (TPSA) is 77.2 Å². The molecule has 4 aromatic rings. The van der Waals surface area contributed by atoms with Crippen molar-refractivity contribution < 1.29 is 13.9 Å². The molecule has 1 aromatic carbocycles. The molecule has 0 aliphatic heterocycles. The maximum absolute atomic E-state index is 11.9. The van der Waals surface area contributed by atoms with Gasteiger partial charge < -0.3 is 14.5 Å². The van der Waals surface area contributed by atoms with Crippen LogP contribution in [0.15, 0.2) is 58.8 Å². The van der Waals surface area contributed by atoms with Gasteiger partial charge in [-0.1, -0.05) is 0 Å². The van der Waals surface area contributed by atoms with Gasteiger partial charge in [-0.05, 0) is 30.3 Å². The lowest BCUT2D eigenvalue weighted by molar-refractivity contribution is 0.0603. The number of esters is 1. The Hall–Kier alpha value is -3.19. The maximum atomic E-state index is 11.9. The Bertz CT molecular complexity index is 1060. The number of nitrogens with one attached hydrogen (secondary N) is 1. The second-order valence-corrected chi connectivity index (χ2v) is 6.41. The number of anilines is 1. The Morgan fingerprint density at radius 2 is 2.19 bits per heavy atom. The van der Waals surface area contributed by atoms with Gasteiger partial charge in [0.05, 0.1) is 31.2 Å². The van der Waals surface area contributed by atoms with E-state index < -0.39 is 0 Å². The van der Waals surface area contributed by atoms with Gasteiger partial charge in [0, 0.05) is 34.2 Å². The van der Waals surface area contributed by atoms with Gasteiger partial charge in [0.1, 0.15) is 0 Å². The van der Waals surface area contributed by atoms with Gasteiger partial charge in [0.15, 0.2) is 10.8 Å². The highest BCUT2D eigenvalue weighted by Crippen LogP contribution is 2.28. The summed E-state index contributed by atoms with van der Waals surface area (Å²) in [6.07, 6.45) is 5.01. The number of fused-ring (bicyclic) bond motifs is 1. The number of ether oxygens (including phenoxy) is 1. The Morgan fingerprint density at radius 1 is 1.27 bits per heavy atom. The van der Waals surface area contributed by atoms with Crippen LogP contribution in [0.4, 0.5) is 5.69 Å². The lowest BCUT2D eigenvalue weighted by atomic mass is 10.0. The summed E-state index contributed by atoms with van der Waals surface area (Å²) < 4.78 is 10.2. The van der Waals surface area contributed by atoms with E-state index in [1.54, 1.807) is 24.7 Å². The molecule has 0 saturated heterocycles. The highest BCUT2D eigenvalue weighted by atomic mass is 32.1. The fourth-order valence-corrected chi connectivity index (χ4v) is 3.51. The van der Waals surface area contributed by atoms with Crippen molar-refractivity contribution in [3.8, 4) is 10.8 Å². The number of hydrogen-bond donors (Lipinski definition) is 1. The van der Waals surface area contributed by atoms with Crippen molar-refractivity contribution >= 4 is 33.8 Å². The van der Waals surface area contributed by atoms with Crippen molar-refractivity contribution in [2.75, 3.05) is 12.4 Å². The van der Waals surface area contributed by atoms with Crippen molar-refractivity contribution in [1.82, 2.24) is 9.97 Å². The van der Waals surface area contributed by atoms with Crippen LogP contribution in [0.3, 0.4) is 0 Å². The number of rotatable bonds is 5. The van der Waals surface area contributed by atoms with E-state index in [9.17, 15) is 4.79 Å². The monoisotopic (exact) mass is 365 g/mol. The number of furan rings is 1. The van der Waals surface area contributed by atoms with Crippen LogP contribution >= 0.6 is 11.3 Å². The third-order valence-electron chi connectivity index (χ3n) is 3.97. The van der Waals surface area contributed by atoms with Gasteiger partial charge in [-0.2, -0.15) is 0 Å². The fraction of sp³-hybridized carbons (Fsp3) is 0.105. The highest BCUT2D eigenvalue weighted by molar-refractivity contribution is 7.13. The average Bonchev–Trinajstić information content (AvgIpc) is 3.37. The summed E-state index contributed by atoms with van der Waals surface area (Å²) in [5, 5.41) is 7.88. The van der Waals surface area contributed by atoms with Crippen LogP contribution in [0.5, 0.6) is 0 Å². The summed E-state index contributed by atoms with van der Waals surface area (Å²) >= 11 is 1.54. The zero-order valence-corrected chi connectivity index (χ0v) is 14.7. The average molecular weight is 365 g/mol. The third-order valence-corrected chi connectivity index (χ3v) is 4.87. The van der Waals surface area contributed by atoms with E-state index in [-0.39, 0.29) is 5.97 Å². The van der Waals surface area contributed by atoms with Gasteiger partial charge in [-0.25, -0.2) is 9.78 Å². The SMILES string of the molecule is COC(=O)c1ccc(NCc2csc(-c3ccco3)n2)c2ccncc12. The van der Waals surface area contributed by atoms with E-state index in [0.717, 1.165) is 32.9 Å². The number of nitrogens with zero attached hydrogens (tertiary/aromatic N) is 2. The number of carbonyl (C=O) groups excluding carboxylic acids is 1. The molecule has 4 rings (SSSR count). The van der Waals surface area contributed by atoms with Crippen molar-refractivity contribution in [3.63, 3.8) is 0 Å². The molecule has 0 saturated carbocycles. The number of aromatic nitrogens is 2. The molecule has 1 N–H and O–H groups in total. The second kappa shape index (κ2) is 6.97. The van der Waals surface area contributed by atoms with E-state index in [4.69, 9.17) is 9.15 Å². The summed E-state index contributed by atoms with van der Waals surface area (Å²) in [7, 11) is 1.37. The summed E-state index contributed by atoms with van der Waals surface area (Å²) in [5.74, 6) is 0.386. The molecular formula is C19H15N3O3S. The summed E-state index contributed by atoms with van der Waals surface area (Å²) in [6.45, 7) is 0.562. The van der Waals surface area contributed by atoms with Crippen molar-refractivity contribution in [1.29, 1.82) is 0 Å². The molecule has 7 heteroatoms. The molecule has 0 unspecified atom stereocenters. The predicted molar refractivity (Wildman–Crippen MR) is 100 cm³/mol. The minimum Gasteiger partial charge on any atom is -0.465 e. The molecule has 0 spiro atoms. The van der Waals surface area contributed by atoms with Crippen LogP contribution in [0.25, 0.3) is 21.5 Å². The predicted octanol–water partition coefficient (Wildman–Crippen LogP) is 4.35. The number of thiazole rings is 1. The number of carbonyl (C=O) groups is 1. The van der Waals surface area contributed by atoms with Crippen LogP contribution in [-0.4, -0.2) is 23.0 Å². The molecule has 0 amide bonds. The summed E-state index contributed by atoms with van der Waals surface area (Å²) in [6, 6.07) is 9.22. The summed E-state index contributed by atoms with van der Waals surface area (Å²) in [4.78, 5) is 20.7. The molecular weight excluding hydrogens is 350 g/mol. The zero-order chi connectivity index (χ0) is 17.9. The number of pyridine rings is 1. The first-order valence-electron chi connectivity index (χ1n) is 7.93. The molecule has 130 valence electrons. The molecule has 3 heterocycles. The van der Waals surface area contributed by atoms with E-state index in [2.05, 4.69) is 15.3 Å². The van der Waals surface area contributed by atoms with Gasteiger partial charge in [-0.3, -0.25) is 4.98 Å². The van der Waals surface area contributed by atoms with Crippen LogP contribution < -0.4 is 5.32 Å². The van der Waals surface area contributed by atoms with Gasteiger partial charge >= 0.3 is 5.97 Å². The minimum atomic E-state index is -0.378.